The Morgan fingerprint density at radius 1 is 1.33 bits per heavy atom. The maximum atomic E-state index is 13.0. The number of aryl methyl sites for hydroxylation is 1. The zero-order valence-electron chi connectivity index (χ0n) is 16.9. The summed E-state index contributed by atoms with van der Waals surface area (Å²) in [5.41, 5.74) is 0.120. The monoisotopic (exact) mass is 446 g/mol. The average Bonchev–Trinajstić information content (AvgIpc) is 3.16. The lowest BCUT2D eigenvalue weighted by atomic mass is 9.74. The van der Waals surface area contributed by atoms with Gasteiger partial charge in [-0.15, -0.1) is 11.3 Å². The van der Waals surface area contributed by atoms with Crippen molar-refractivity contribution in [3.05, 3.63) is 57.0 Å². The fourth-order valence-corrected chi connectivity index (χ4v) is 4.60. The van der Waals surface area contributed by atoms with E-state index in [2.05, 4.69) is 4.98 Å². The van der Waals surface area contributed by atoms with Crippen molar-refractivity contribution >= 4 is 46.7 Å². The summed E-state index contributed by atoms with van der Waals surface area (Å²) in [5.74, 6) is -1.16. The number of Topliss-reactive ketones (excluding diaryl/α,β-unsaturated/α-hetero) is 1. The van der Waals surface area contributed by atoms with E-state index in [4.69, 9.17) is 16.3 Å². The highest BCUT2D eigenvalue weighted by molar-refractivity contribution is 7.09. The first-order valence-corrected chi connectivity index (χ1v) is 10.9. The van der Waals surface area contributed by atoms with Crippen LogP contribution >= 0.6 is 22.9 Å². The van der Waals surface area contributed by atoms with Gasteiger partial charge in [-0.25, -0.2) is 9.78 Å². The van der Waals surface area contributed by atoms with Crippen molar-refractivity contribution in [2.45, 2.75) is 38.1 Å². The molecule has 30 heavy (non-hydrogen) atoms. The summed E-state index contributed by atoms with van der Waals surface area (Å²) < 4.78 is 5.11. The van der Waals surface area contributed by atoms with E-state index in [0.717, 1.165) is 17.8 Å². The van der Waals surface area contributed by atoms with Crippen LogP contribution in [0.5, 0.6) is 0 Å². The summed E-state index contributed by atoms with van der Waals surface area (Å²) >= 11 is 7.87. The number of ketones is 1. The number of halogens is 1. The number of aromatic nitrogens is 1. The number of nitrogens with zero attached hydrogens (tertiary/aromatic N) is 2. The summed E-state index contributed by atoms with van der Waals surface area (Å²) in [6.45, 7) is 1.41. The van der Waals surface area contributed by atoms with E-state index in [9.17, 15) is 14.4 Å². The molecule has 0 saturated heterocycles. The minimum atomic E-state index is -1.14. The summed E-state index contributed by atoms with van der Waals surface area (Å²) in [7, 11) is 1.57. The summed E-state index contributed by atoms with van der Waals surface area (Å²) in [4.78, 5) is 43.5. The van der Waals surface area contributed by atoms with Crippen LogP contribution in [0.1, 0.15) is 41.9 Å². The zero-order valence-corrected chi connectivity index (χ0v) is 18.5. The largest absolute Gasteiger partial charge is 0.452 e. The van der Waals surface area contributed by atoms with Crippen molar-refractivity contribution in [2.24, 2.45) is 0 Å². The number of hydrogen-bond acceptors (Lipinski definition) is 6. The van der Waals surface area contributed by atoms with Crippen LogP contribution in [0, 0.1) is 6.92 Å². The maximum Gasteiger partial charge on any atom is 0.331 e. The number of amides is 1. The van der Waals surface area contributed by atoms with Crippen LogP contribution in [0.2, 0.25) is 5.02 Å². The Kier molecular flexibility index (Phi) is 7.05. The van der Waals surface area contributed by atoms with Gasteiger partial charge in [0.1, 0.15) is 5.54 Å². The van der Waals surface area contributed by atoms with E-state index < -0.39 is 24.0 Å². The third kappa shape index (κ3) is 4.63. The van der Waals surface area contributed by atoms with Gasteiger partial charge in [0.25, 0.3) is 5.91 Å². The molecule has 0 aliphatic heterocycles. The molecule has 0 radical (unpaired) electrons. The Morgan fingerprint density at radius 2 is 2.10 bits per heavy atom. The topological polar surface area (TPSA) is 76.6 Å². The van der Waals surface area contributed by atoms with Crippen molar-refractivity contribution in [3.8, 4) is 0 Å². The van der Waals surface area contributed by atoms with Gasteiger partial charge in [0.15, 0.2) is 12.4 Å². The molecule has 0 N–H and O–H groups in total. The van der Waals surface area contributed by atoms with Gasteiger partial charge >= 0.3 is 5.97 Å². The lowest BCUT2D eigenvalue weighted by molar-refractivity contribution is -0.155. The van der Waals surface area contributed by atoms with E-state index in [1.165, 1.54) is 28.4 Å². The summed E-state index contributed by atoms with van der Waals surface area (Å²) in [5, 5.41) is 3.15. The van der Waals surface area contributed by atoms with Crippen molar-refractivity contribution in [3.63, 3.8) is 0 Å². The highest BCUT2D eigenvalue weighted by Crippen LogP contribution is 2.42. The van der Waals surface area contributed by atoms with Gasteiger partial charge in [-0.3, -0.25) is 9.59 Å². The molecule has 1 amide bonds. The Balaban J connectivity index is 1.73. The number of thiazole rings is 1. The average molecular weight is 447 g/mol. The van der Waals surface area contributed by atoms with Crippen LogP contribution in [0.4, 0.5) is 0 Å². The van der Waals surface area contributed by atoms with Crippen LogP contribution in [-0.2, 0) is 24.7 Å². The highest BCUT2D eigenvalue weighted by Gasteiger charge is 2.47. The number of likely N-dealkylation sites (N-methyl/N-ethyl adjacent to an activating group) is 1. The maximum absolute atomic E-state index is 13.0. The van der Waals surface area contributed by atoms with E-state index >= 15 is 0 Å². The molecule has 1 aliphatic carbocycles. The number of esters is 1. The van der Waals surface area contributed by atoms with Crippen molar-refractivity contribution in [2.75, 3.05) is 13.7 Å². The number of benzene rings is 1. The van der Waals surface area contributed by atoms with Gasteiger partial charge in [-0.1, -0.05) is 29.8 Å². The van der Waals surface area contributed by atoms with E-state index in [1.807, 2.05) is 12.3 Å². The Morgan fingerprint density at radius 3 is 2.77 bits per heavy atom. The number of carbonyl (C=O) groups excluding carboxylic acids is 3. The number of hydrogen-bond donors (Lipinski definition) is 0. The van der Waals surface area contributed by atoms with Crippen molar-refractivity contribution < 1.29 is 19.1 Å². The minimum Gasteiger partial charge on any atom is -0.452 e. The lowest BCUT2D eigenvalue weighted by Crippen LogP contribution is -2.55. The van der Waals surface area contributed by atoms with Crippen LogP contribution in [0.3, 0.4) is 0 Å². The first-order chi connectivity index (χ1) is 14.3. The number of carbonyl (C=O) groups is 3. The number of ether oxygens (including phenoxy) is 1. The molecule has 0 bridgehead atoms. The predicted molar refractivity (Wildman–Crippen MR) is 116 cm³/mol. The molecule has 1 saturated carbocycles. The predicted octanol–water partition coefficient (Wildman–Crippen LogP) is 4.16. The van der Waals surface area contributed by atoms with Crippen molar-refractivity contribution in [1.29, 1.82) is 0 Å². The van der Waals surface area contributed by atoms with Gasteiger partial charge in [0, 0.05) is 35.5 Å². The molecule has 2 aromatic rings. The third-order valence-corrected chi connectivity index (χ3v) is 6.41. The van der Waals surface area contributed by atoms with E-state index in [0.29, 0.717) is 29.1 Å². The Bertz CT molecular complexity index is 987. The molecule has 158 valence electrons. The fraction of sp³-hybridized carbons (Fsp3) is 0.364. The molecule has 3 rings (SSSR count). The summed E-state index contributed by atoms with van der Waals surface area (Å²) in [6, 6.07) is 7.07. The SMILES string of the molecule is Cc1nc(/C=C/C(=O)OCC(=O)N(C)C2(c3ccccc3Cl)CCCCC2=O)cs1. The molecule has 1 fully saturated rings. The minimum absolute atomic E-state index is 0.0529. The highest BCUT2D eigenvalue weighted by atomic mass is 35.5. The molecule has 1 aromatic carbocycles. The lowest BCUT2D eigenvalue weighted by Gasteiger charge is -2.43. The molecular weight excluding hydrogens is 424 g/mol. The van der Waals surface area contributed by atoms with E-state index in [1.54, 1.807) is 31.3 Å². The molecule has 1 aliphatic rings. The van der Waals surface area contributed by atoms with Crippen molar-refractivity contribution in [1.82, 2.24) is 9.88 Å². The molecule has 6 nitrogen and oxygen atoms in total. The first kappa shape index (κ1) is 22.2. The van der Waals surface area contributed by atoms with Crippen LogP contribution in [0.25, 0.3) is 6.08 Å². The normalized spacial score (nSPS) is 19.1. The fourth-order valence-electron chi connectivity index (χ4n) is 3.73. The van der Waals surface area contributed by atoms with Gasteiger partial charge in [-0.05, 0) is 38.3 Å². The Labute approximate surface area is 184 Å². The zero-order chi connectivity index (χ0) is 21.7. The van der Waals surface area contributed by atoms with Gasteiger partial charge in [-0.2, -0.15) is 0 Å². The smallest absolute Gasteiger partial charge is 0.331 e. The number of rotatable bonds is 6. The second-order valence-electron chi connectivity index (χ2n) is 7.16. The molecule has 1 heterocycles. The van der Waals surface area contributed by atoms with Gasteiger partial charge in [0.2, 0.25) is 0 Å². The van der Waals surface area contributed by atoms with E-state index in [-0.39, 0.29) is 5.78 Å². The quantitative estimate of drug-likeness (QED) is 0.492. The molecule has 1 atom stereocenters. The van der Waals surface area contributed by atoms with Gasteiger partial charge in [0.05, 0.1) is 10.7 Å². The first-order valence-electron chi connectivity index (χ1n) is 9.66. The molecule has 1 aromatic heterocycles. The van der Waals surface area contributed by atoms with Crippen LogP contribution in [0.15, 0.2) is 35.7 Å². The molecular formula is C22H23ClN2O4S. The second kappa shape index (κ2) is 9.53. The molecule has 0 spiro atoms. The van der Waals surface area contributed by atoms with Gasteiger partial charge < -0.3 is 9.64 Å². The molecule has 1 unspecified atom stereocenters. The van der Waals surface area contributed by atoms with Crippen LogP contribution in [-0.4, -0.2) is 41.2 Å². The Hall–Kier alpha value is -2.51. The second-order valence-corrected chi connectivity index (χ2v) is 8.63. The standard InChI is InChI=1S/C22H23ClN2O4S/c1-15-24-16(14-30-15)10-11-21(28)29-13-20(27)25(2)22(12-6-5-9-19(22)26)17-7-3-4-8-18(17)23/h3-4,7-8,10-11,14H,5-6,9,12-13H2,1-2H3/b11-10+. The third-order valence-electron chi connectivity index (χ3n) is 5.28. The van der Waals surface area contributed by atoms with Crippen LogP contribution < -0.4 is 0 Å². The molecule has 8 heteroatoms. The summed E-state index contributed by atoms with van der Waals surface area (Å²) in [6.07, 6.45) is 5.20.